The highest BCUT2D eigenvalue weighted by Crippen LogP contribution is 2.19. The van der Waals surface area contributed by atoms with Gasteiger partial charge in [-0.3, -0.25) is 4.90 Å². The van der Waals surface area contributed by atoms with Crippen molar-refractivity contribution in [3.63, 3.8) is 0 Å². The van der Waals surface area contributed by atoms with Crippen molar-refractivity contribution in [2.75, 3.05) is 13.7 Å². The molecule has 0 aliphatic carbocycles. The summed E-state index contributed by atoms with van der Waals surface area (Å²) in [6, 6.07) is 8.93. The third-order valence-corrected chi connectivity index (χ3v) is 3.17. The van der Waals surface area contributed by atoms with Gasteiger partial charge in [-0.25, -0.2) is 9.59 Å². The predicted molar refractivity (Wildman–Crippen MR) is 91.1 cm³/mol. The van der Waals surface area contributed by atoms with E-state index in [4.69, 9.17) is 4.74 Å². The van der Waals surface area contributed by atoms with Crippen molar-refractivity contribution in [2.24, 2.45) is 0 Å². The molecule has 0 spiro atoms. The molecule has 1 fully saturated rings. The normalized spacial score (nSPS) is 15.5. The van der Waals surface area contributed by atoms with Crippen LogP contribution in [0, 0.1) is 0 Å². The molecule has 1 aromatic rings. The fourth-order valence-electron chi connectivity index (χ4n) is 2.17. The van der Waals surface area contributed by atoms with Gasteiger partial charge in [0.25, 0.3) is 0 Å². The van der Waals surface area contributed by atoms with E-state index < -0.39 is 12.1 Å². The molecule has 1 saturated heterocycles. The number of benzene rings is 1. The Morgan fingerprint density at radius 2 is 1.74 bits per heavy atom. The molecule has 0 bridgehead atoms. The number of carbonyl (C=O) groups excluding carboxylic acids is 2. The van der Waals surface area contributed by atoms with Crippen molar-refractivity contribution in [3.05, 3.63) is 35.9 Å². The smallest absolute Gasteiger partial charge is 0.410 e. The Balaban J connectivity index is 0.00000112. The molecule has 0 radical (unpaired) electrons. The molecule has 1 unspecified atom stereocenters. The SMILES string of the molecule is CC.CC.COC(=O)C1CCCN1C(=O)OCc1ccccc1. The van der Waals surface area contributed by atoms with Gasteiger partial charge in [0.15, 0.2) is 0 Å². The monoisotopic (exact) mass is 323 g/mol. The second-order valence-corrected chi connectivity index (χ2v) is 4.41. The number of carbonyl (C=O) groups is 2. The molecule has 0 aromatic heterocycles. The molecule has 130 valence electrons. The first-order valence-corrected chi connectivity index (χ1v) is 8.27. The van der Waals surface area contributed by atoms with Gasteiger partial charge in [-0.05, 0) is 18.4 Å². The maximum absolute atomic E-state index is 11.9. The van der Waals surface area contributed by atoms with E-state index in [0.717, 1.165) is 12.0 Å². The first kappa shape index (κ1) is 21.0. The molecule has 1 atom stereocenters. The minimum absolute atomic E-state index is 0.212. The molecule has 2 rings (SSSR count). The average molecular weight is 323 g/mol. The van der Waals surface area contributed by atoms with Crippen LogP contribution in [0.4, 0.5) is 4.79 Å². The number of nitrogens with zero attached hydrogens (tertiary/aromatic N) is 1. The summed E-state index contributed by atoms with van der Waals surface area (Å²) in [5.41, 5.74) is 0.921. The average Bonchev–Trinajstić information content (AvgIpc) is 3.13. The molecule has 0 N–H and O–H groups in total. The van der Waals surface area contributed by atoms with Gasteiger partial charge in [-0.1, -0.05) is 58.0 Å². The lowest BCUT2D eigenvalue weighted by atomic mass is 10.2. The molecular formula is C18H29NO4. The van der Waals surface area contributed by atoms with Crippen LogP contribution in [0.3, 0.4) is 0 Å². The highest BCUT2D eigenvalue weighted by atomic mass is 16.6. The summed E-state index contributed by atoms with van der Waals surface area (Å²) in [6.07, 6.45) is 0.963. The summed E-state index contributed by atoms with van der Waals surface area (Å²) in [4.78, 5) is 24.9. The summed E-state index contributed by atoms with van der Waals surface area (Å²) in [6.45, 7) is 8.75. The molecule has 23 heavy (non-hydrogen) atoms. The van der Waals surface area contributed by atoms with Crippen LogP contribution in [0.5, 0.6) is 0 Å². The largest absolute Gasteiger partial charge is 0.467 e. The molecule has 1 amide bonds. The van der Waals surface area contributed by atoms with Crippen LogP contribution >= 0.6 is 0 Å². The van der Waals surface area contributed by atoms with Crippen LogP contribution in [-0.4, -0.2) is 36.7 Å². The van der Waals surface area contributed by atoms with Gasteiger partial charge in [-0.2, -0.15) is 0 Å². The van der Waals surface area contributed by atoms with Gasteiger partial charge in [0, 0.05) is 6.54 Å². The standard InChI is InChI=1S/C14H17NO4.2C2H6/c1-18-13(16)12-8-5-9-15(12)14(17)19-10-11-6-3-2-4-7-11;2*1-2/h2-4,6-7,12H,5,8-10H2,1H3;2*1-2H3. The Kier molecular flexibility index (Phi) is 11.4. The molecule has 1 heterocycles. The lowest BCUT2D eigenvalue weighted by Crippen LogP contribution is -2.41. The Hall–Kier alpha value is -2.04. The second-order valence-electron chi connectivity index (χ2n) is 4.41. The van der Waals surface area contributed by atoms with Gasteiger partial charge < -0.3 is 9.47 Å². The summed E-state index contributed by atoms with van der Waals surface area (Å²) in [5.74, 6) is -0.380. The summed E-state index contributed by atoms with van der Waals surface area (Å²) >= 11 is 0. The van der Waals surface area contributed by atoms with E-state index in [9.17, 15) is 9.59 Å². The zero-order chi connectivity index (χ0) is 17.7. The Bertz CT molecular complexity index is 448. The minimum Gasteiger partial charge on any atom is -0.467 e. The van der Waals surface area contributed by atoms with Gasteiger partial charge in [0.2, 0.25) is 0 Å². The van der Waals surface area contributed by atoms with Crippen molar-refractivity contribution >= 4 is 12.1 Å². The number of esters is 1. The third-order valence-electron chi connectivity index (χ3n) is 3.17. The number of hydrogen-bond acceptors (Lipinski definition) is 4. The molecule has 5 nitrogen and oxygen atoms in total. The van der Waals surface area contributed by atoms with Crippen molar-refractivity contribution in [2.45, 2.75) is 53.2 Å². The van der Waals surface area contributed by atoms with Gasteiger partial charge in [0.05, 0.1) is 7.11 Å². The number of hydrogen-bond donors (Lipinski definition) is 0. The molecule has 1 aromatic carbocycles. The first-order chi connectivity index (χ1) is 11.2. The molecule has 1 aliphatic heterocycles. The quantitative estimate of drug-likeness (QED) is 0.789. The molecule has 0 saturated carbocycles. The summed E-state index contributed by atoms with van der Waals surface area (Å²) in [5, 5.41) is 0. The van der Waals surface area contributed by atoms with Crippen LogP contribution in [0.25, 0.3) is 0 Å². The van der Waals surface area contributed by atoms with Crippen LogP contribution in [0.1, 0.15) is 46.1 Å². The number of rotatable bonds is 3. The van der Waals surface area contributed by atoms with E-state index in [-0.39, 0.29) is 12.6 Å². The van der Waals surface area contributed by atoms with Crippen LogP contribution < -0.4 is 0 Å². The fourth-order valence-corrected chi connectivity index (χ4v) is 2.17. The van der Waals surface area contributed by atoms with E-state index in [1.165, 1.54) is 12.0 Å². The Morgan fingerprint density at radius 3 is 2.30 bits per heavy atom. The van der Waals surface area contributed by atoms with E-state index >= 15 is 0 Å². The van der Waals surface area contributed by atoms with E-state index in [1.807, 2.05) is 58.0 Å². The van der Waals surface area contributed by atoms with E-state index in [2.05, 4.69) is 4.74 Å². The van der Waals surface area contributed by atoms with Crippen LogP contribution in [0.15, 0.2) is 30.3 Å². The van der Waals surface area contributed by atoms with Crippen molar-refractivity contribution in [1.29, 1.82) is 0 Å². The second kappa shape index (κ2) is 12.5. The van der Waals surface area contributed by atoms with Crippen molar-refractivity contribution in [1.82, 2.24) is 4.90 Å². The van der Waals surface area contributed by atoms with E-state index in [1.54, 1.807) is 0 Å². The van der Waals surface area contributed by atoms with Crippen LogP contribution in [0.2, 0.25) is 0 Å². The maximum atomic E-state index is 11.9. The number of methoxy groups -OCH3 is 1. The lowest BCUT2D eigenvalue weighted by Gasteiger charge is -2.21. The van der Waals surface area contributed by atoms with Crippen molar-refractivity contribution in [3.8, 4) is 0 Å². The molecule has 5 heteroatoms. The number of likely N-dealkylation sites (tertiary alicyclic amines) is 1. The molecule has 1 aliphatic rings. The van der Waals surface area contributed by atoms with Crippen molar-refractivity contribution < 1.29 is 19.1 Å². The third kappa shape index (κ3) is 6.72. The number of ether oxygens (including phenoxy) is 2. The Labute approximate surface area is 139 Å². The fraction of sp³-hybridized carbons (Fsp3) is 0.556. The minimum atomic E-state index is -0.506. The summed E-state index contributed by atoms with van der Waals surface area (Å²) < 4.78 is 9.91. The summed E-state index contributed by atoms with van der Waals surface area (Å²) in [7, 11) is 1.33. The highest BCUT2D eigenvalue weighted by molar-refractivity contribution is 5.82. The lowest BCUT2D eigenvalue weighted by molar-refractivity contribution is -0.145. The Morgan fingerprint density at radius 1 is 1.13 bits per heavy atom. The first-order valence-electron chi connectivity index (χ1n) is 8.27. The van der Waals surface area contributed by atoms with Crippen LogP contribution in [-0.2, 0) is 20.9 Å². The predicted octanol–water partition coefficient (Wildman–Crippen LogP) is 4.01. The van der Waals surface area contributed by atoms with Gasteiger partial charge in [-0.15, -0.1) is 0 Å². The molecular weight excluding hydrogens is 294 g/mol. The topological polar surface area (TPSA) is 55.8 Å². The van der Waals surface area contributed by atoms with E-state index in [0.29, 0.717) is 13.0 Å². The van der Waals surface area contributed by atoms with Gasteiger partial charge in [0.1, 0.15) is 12.6 Å². The maximum Gasteiger partial charge on any atom is 0.410 e. The zero-order valence-corrected chi connectivity index (χ0v) is 14.9. The number of amides is 1. The highest BCUT2D eigenvalue weighted by Gasteiger charge is 2.35. The zero-order valence-electron chi connectivity index (χ0n) is 14.9. The van der Waals surface area contributed by atoms with Gasteiger partial charge >= 0.3 is 12.1 Å².